The second-order valence-electron chi connectivity index (χ2n) is 7.75. The number of hydrogen-bond donors (Lipinski definition) is 1. The van der Waals surface area contributed by atoms with E-state index in [0.717, 1.165) is 23.7 Å². The Bertz CT molecular complexity index is 814. The van der Waals surface area contributed by atoms with E-state index in [1.165, 1.54) is 0 Å². The normalized spacial score (nSPS) is 16.0. The molecule has 1 fully saturated rings. The van der Waals surface area contributed by atoms with Gasteiger partial charge in [-0.05, 0) is 39.7 Å². The number of rotatable bonds is 3. The Morgan fingerprint density at radius 2 is 1.88 bits per heavy atom. The Morgan fingerprint density at radius 3 is 2.50 bits per heavy atom. The van der Waals surface area contributed by atoms with Gasteiger partial charge in [0, 0.05) is 18.5 Å². The van der Waals surface area contributed by atoms with Gasteiger partial charge in [-0.15, -0.1) is 0 Å². The first-order chi connectivity index (χ1) is 12.2. The zero-order valence-electron chi connectivity index (χ0n) is 15.6. The van der Waals surface area contributed by atoms with E-state index in [-0.39, 0.29) is 24.5 Å². The Kier molecular flexibility index (Phi) is 4.89. The lowest BCUT2D eigenvalue weighted by Gasteiger charge is -2.33. The Labute approximate surface area is 153 Å². The van der Waals surface area contributed by atoms with Gasteiger partial charge in [-0.1, -0.05) is 18.2 Å². The molecule has 1 aromatic heterocycles. The van der Waals surface area contributed by atoms with Gasteiger partial charge in [0.25, 0.3) is 0 Å². The van der Waals surface area contributed by atoms with E-state index in [1.54, 1.807) is 4.90 Å². The molecule has 1 aliphatic rings. The molecule has 1 aliphatic heterocycles. The standard InChI is InChI=1S/C19H26N4O3/c1-19(2,3)26-18(25)22-10-8-13(9-11-22)23-16-7-5-4-6-14(16)15(21-23)12-17(20)24/h4-7,13H,8-12H2,1-3H3,(H2,20,24). The number of para-hydroxylation sites is 1. The molecule has 0 atom stereocenters. The van der Waals surface area contributed by atoms with Crippen LogP contribution in [0.15, 0.2) is 24.3 Å². The predicted octanol–water partition coefficient (Wildman–Crippen LogP) is 2.64. The Balaban J connectivity index is 1.75. The van der Waals surface area contributed by atoms with Crippen LogP contribution in [0.1, 0.15) is 45.3 Å². The first-order valence-corrected chi connectivity index (χ1v) is 8.97. The summed E-state index contributed by atoms with van der Waals surface area (Å²) in [6.45, 7) is 6.85. The summed E-state index contributed by atoms with van der Waals surface area (Å²) in [5.41, 5.74) is 6.58. The number of likely N-dealkylation sites (tertiary alicyclic amines) is 1. The minimum Gasteiger partial charge on any atom is -0.444 e. The number of carbonyl (C=O) groups is 2. The molecule has 7 nitrogen and oxygen atoms in total. The lowest BCUT2D eigenvalue weighted by atomic mass is 10.1. The maximum Gasteiger partial charge on any atom is 0.410 e. The molecule has 0 unspecified atom stereocenters. The van der Waals surface area contributed by atoms with Gasteiger partial charge in [0.15, 0.2) is 0 Å². The van der Waals surface area contributed by atoms with Crippen molar-refractivity contribution < 1.29 is 14.3 Å². The van der Waals surface area contributed by atoms with Crippen LogP contribution in [0.25, 0.3) is 10.9 Å². The number of ether oxygens (including phenoxy) is 1. The molecule has 7 heteroatoms. The number of fused-ring (bicyclic) bond motifs is 1. The Hall–Kier alpha value is -2.57. The number of hydrogen-bond acceptors (Lipinski definition) is 4. The van der Waals surface area contributed by atoms with Crippen LogP contribution in [0.4, 0.5) is 4.79 Å². The highest BCUT2D eigenvalue weighted by Gasteiger charge is 2.29. The summed E-state index contributed by atoms with van der Waals surface area (Å²) in [6.07, 6.45) is 1.45. The van der Waals surface area contributed by atoms with Gasteiger partial charge in [-0.3, -0.25) is 9.48 Å². The van der Waals surface area contributed by atoms with E-state index < -0.39 is 5.60 Å². The summed E-state index contributed by atoms with van der Waals surface area (Å²) >= 11 is 0. The Morgan fingerprint density at radius 1 is 1.23 bits per heavy atom. The second-order valence-corrected chi connectivity index (χ2v) is 7.75. The highest BCUT2D eigenvalue weighted by Crippen LogP contribution is 2.29. The lowest BCUT2D eigenvalue weighted by Crippen LogP contribution is -2.42. The molecule has 0 aliphatic carbocycles. The molecule has 3 rings (SSSR count). The van der Waals surface area contributed by atoms with Gasteiger partial charge in [-0.2, -0.15) is 5.10 Å². The first kappa shape index (κ1) is 18.2. The third-order valence-electron chi connectivity index (χ3n) is 4.49. The number of benzene rings is 1. The molecule has 2 heterocycles. The van der Waals surface area contributed by atoms with Crippen molar-refractivity contribution in [3.05, 3.63) is 30.0 Å². The maximum absolute atomic E-state index is 12.2. The maximum atomic E-state index is 12.2. The van der Waals surface area contributed by atoms with E-state index in [4.69, 9.17) is 10.5 Å². The van der Waals surface area contributed by atoms with Crippen LogP contribution in [0.2, 0.25) is 0 Å². The SMILES string of the molecule is CC(C)(C)OC(=O)N1CCC(n2nc(CC(N)=O)c3ccccc32)CC1. The molecule has 2 N–H and O–H groups in total. The molecule has 1 aromatic carbocycles. The molecule has 0 bridgehead atoms. The van der Waals surface area contributed by atoms with Crippen LogP contribution in [0.5, 0.6) is 0 Å². The second kappa shape index (κ2) is 6.97. The van der Waals surface area contributed by atoms with Crippen molar-refractivity contribution in [2.24, 2.45) is 5.73 Å². The fraction of sp³-hybridized carbons (Fsp3) is 0.526. The van der Waals surface area contributed by atoms with Crippen molar-refractivity contribution >= 4 is 22.9 Å². The van der Waals surface area contributed by atoms with Crippen molar-refractivity contribution in [1.29, 1.82) is 0 Å². The smallest absolute Gasteiger partial charge is 0.410 e. The first-order valence-electron chi connectivity index (χ1n) is 8.97. The highest BCUT2D eigenvalue weighted by atomic mass is 16.6. The van der Waals surface area contributed by atoms with Crippen LogP contribution < -0.4 is 5.73 Å². The molecule has 0 spiro atoms. The lowest BCUT2D eigenvalue weighted by molar-refractivity contribution is -0.117. The summed E-state index contributed by atoms with van der Waals surface area (Å²) in [5.74, 6) is -0.389. The topological polar surface area (TPSA) is 90.4 Å². The fourth-order valence-corrected chi connectivity index (χ4v) is 3.35. The van der Waals surface area contributed by atoms with Gasteiger partial charge in [0.2, 0.25) is 5.91 Å². The van der Waals surface area contributed by atoms with Gasteiger partial charge in [0.05, 0.1) is 23.7 Å². The van der Waals surface area contributed by atoms with E-state index in [9.17, 15) is 9.59 Å². The number of piperidine rings is 1. The molecular formula is C19H26N4O3. The minimum absolute atomic E-state index is 0.129. The van der Waals surface area contributed by atoms with E-state index in [0.29, 0.717) is 18.8 Å². The number of nitrogens with zero attached hydrogens (tertiary/aromatic N) is 3. The summed E-state index contributed by atoms with van der Waals surface area (Å²) in [7, 11) is 0. The quantitative estimate of drug-likeness (QED) is 0.913. The van der Waals surface area contributed by atoms with Gasteiger partial charge in [0.1, 0.15) is 5.60 Å². The summed E-state index contributed by atoms with van der Waals surface area (Å²) < 4.78 is 7.44. The van der Waals surface area contributed by atoms with Crippen molar-refractivity contribution in [3.8, 4) is 0 Å². The summed E-state index contributed by atoms with van der Waals surface area (Å²) in [5, 5.41) is 5.62. The number of nitrogens with two attached hydrogens (primary N) is 1. The number of amides is 2. The molecule has 26 heavy (non-hydrogen) atoms. The largest absolute Gasteiger partial charge is 0.444 e. The van der Waals surface area contributed by atoms with E-state index in [1.807, 2.05) is 49.7 Å². The van der Waals surface area contributed by atoms with Crippen LogP contribution in [-0.4, -0.2) is 45.4 Å². The van der Waals surface area contributed by atoms with Crippen molar-refractivity contribution in [2.75, 3.05) is 13.1 Å². The van der Waals surface area contributed by atoms with Crippen molar-refractivity contribution in [2.45, 2.75) is 51.7 Å². The van der Waals surface area contributed by atoms with Crippen LogP contribution in [0.3, 0.4) is 0 Å². The highest BCUT2D eigenvalue weighted by molar-refractivity contribution is 5.87. The number of primary amides is 1. The number of carbonyl (C=O) groups excluding carboxylic acids is 2. The van der Waals surface area contributed by atoms with E-state index >= 15 is 0 Å². The monoisotopic (exact) mass is 358 g/mol. The molecule has 2 amide bonds. The van der Waals surface area contributed by atoms with E-state index in [2.05, 4.69) is 5.10 Å². The van der Waals surface area contributed by atoms with Gasteiger partial charge in [-0.25, -0.2) is 4.79 Å². The number of aromatic nitrogens is 2. The van der Waals surface area contributed by atoms with Crippen LogP contribution in [0, 0.1) is 0 Å². The van der Waals surface area contributed by atoms with Crippen LogP contribution in [-0.2, 0) is 16.0 Å². The predicted molar refractivity (Wildman–Crippen MR) is 98.7 cm³/mol. The molecular weight excluding hydrogens is 332 g/mol. The van der Waals surface area contributed by atoms with Gasteiger partial charge < -0.3 is 15.4 Å². The van der Waals surface area contributed by atoms with Gasteiger partial charge >= 0.3 is 6.09 Å². The molecule has 0 saturated carbocycles. The third-order valence-corrected chi connectivity index (χ3v) is 4.49. The van der Waals surface area contributed by atoms with Crippen molar-refractivity contribution in [1.82, 2.24) is 14.7 Å². The molecule has 2 aromatic rings. The summed E-state index contributed by atoms with van der Waals surface area (Å²) in [4.78, 5) is 25.3. The van der Waals surface area contributed by atoms with Crippen molar-refractivity contribution in [3.63, 3.8) is 0 Å². The molecule has 0 radical (unpaired) electrons. The molecule has 1 saturated heterocycles. The van der Waals surface area contributed by atoms with Crippen LogP contribution >= 0.6 is 0 Å². The average Bonchev–Trinajstić information content (AvgIpc) is 2.92. The minimum atomic E-state index is -0.490. The fourth-order valence-electron chi connectivity index (χ4n) is 3.35. The summed E-state index contributed by atoms with van der Waals surface area (Å²) in [6, 6.07) is 8.05. The third kappa shape index (κ3) is 3.98. The average molecular weight is 358 g/mol. The zero-order chi connectivity index (χ0) is 18.9. The zero-order valence-corrected chi connectivity index (χ0v) is 15.6. The molecule has 140 valence electrons.